The van der Waals surface area contributed by atoms with E-state index in [4.69, 9.17) is 5.73 Å². The van der Waals surface area contributed by atoms with Gasteiger partial charge < -0.3 is 10.6 Å². The van der Waals surface area contributed by atoms with E-state index in [2.05, 4.69) is 17.1 Å². The maximum Gasteiger partial charge on any atom is 0.318 e. The number of carbonyl (C=O) groups excluding carboxylic acids is 2. The highest BCUT2D eigenvalue weighted by atomic mass is 16.2. The van der Waals surface area contributed by atoms with Crippen LogP contribution in [0.15, 0.2) is 0 Å². The summed E-state index contributed by atoms with van der Waals surface area (Å²) in [4.78, 5) is 24.0. The average Bonchev–Trinajstić information content (AvgIpc) is 2.25. The minimum Gasteiger partial charge on any atom is -0.351 e. The molecule has 2 atom stereocenters. The normalized spacial score (nSPS) is 24.6. The zero-order valence-electron chi connectivity index (χ0n) is 10.7. The zero-order valence-corrected chi connectivity index (χ0v) is 10.7. The maximum absolute atomic E-state index is 11.3. The SMILES string of the molecule is CC1CCCCC1N(C)CCC(=O)NC(N)=O. The van der Waals surface area contributed by atoms with Crippen molar-refractivity contribution < 1.29 is 9.59 Å². The van der Waals surface area contributed by atoms with Gasteiger partial charge in [-0.25, -0.2) is 4.79 Å². The Labute approximate surface area is 103 Å². The van der Waals surface area contributed by atoms with Crippen molar-refractivity contribution in [1.29, 1.82) is 0 Å². The maximum atomic E-state index is 11.3. The van der Waals surface area contributed by atoms with Crippen molar-refractivity contribution in [2.75, 3.05) is 13.6 Å². The number of carbonyl (C=O) groups is 2. The van der Waals surface area contributed by atoms with Crippen molar-refractivity contribution in [2.45, 2.75) is 45.1 Å². The van der Waals surface area contributed by atoms with E-state index in [-0.39, 0.29) is 5.91 Å². The van der Waals surface area contributed by atoms with Crippen LogP contribution in [0.3, 0.4) is 0 Å². The first-order valence-electron chi connectivity index (χ1n) is 6.30. The van der Waals surface area contributed by atoms with E-state index in [0.29, 0.717) is 24.9 Å². The standard InChI is InChI=1S/C12H23N3O2/c1-9-5-3-4-6-10(9)15(2)8-7-11(16)14-12(13)17/h9-10H,3-8H2,1-2H3,(H3,13,14,16,17). The van der Waals surface area contributed by atoms with E-state index in [0.717, 1.165) is 0 Å². The highest BCUT2D eigenvalue weighted by Crippen LogP contribution is 2.27. The second-order valence-corrected chi connectivity index (χ2v) is 4.97. The van der Waals surface area contributed by atoms with Crippen LogP contribution >= 0.6 is 0 Å². The summed E-state index contributed by atoms with van der Waals surface area (Å²) < 4.78 is 0. The molecule has 0 heterocycles. The molecule has 0 bridgehead atoms. The highest BCUT2D eigenvalue weighted by Gasteiger charge is 2.24. The number of amides is 3. The summed E-state index contributed by atoms with van der Waals surface area (Å²) in [5.41, 5.74) is 4.88. The van der Waals surface area contributed by atoms with Crippen molar-refractivity contribution >= 4 is 11.9 Å². The van der Waals surface area contributed by atoms with Gasteiger partial charge in [0.15, 0.2) is 0 Å². The largest absolute Gasteiger partial charge is 0.351 e. The summed E-state index contributed by atoms with van der Waals surface area (Å²) in [7, 11) is 2.05. The van der Waals surface area contributed by atoms with Crippen LogP contribution in [0, 0.1) is 5.92 Å². The molecule has 2 unspecified atom stereocenters. The van der Waals surface area contributed by atoms with Crippen LogP contribution in [0.2, 0.25) is 0 Å². The molecule has 0 aromatic rings. The molecule has 0 aliphatic heterocycles. The van der Waals surface area contributed by atoms with Gasteiger partial charge in [0.2, 0.25) is 5.91 Å². The first-order chi connectivity index (χ1) is 8.00. The average molecular weight is 241 g/mol. The third kappa shape index (κ3) is 4.73. The topological polar surface area (TPSA) is 75.4 Å². The lowest BCUT2D eigenvalue weighted by molar-refractivity contribution is -0.120. The van der Waals surface area contributed by atoms with E-state index in [1.165, 1.54) is 25.7 Å². The zero-order chi connectivity index (χ0) is 12.8. The number of nitrogens with two attached hydrogens (primary N) is 1. The van der Waals surface area contributed by atoms with Crippen LogP contribution < -0.4 is 11.1 Å². The monoisotopic (exact) mass is 241 g/mol. The fraction of sp³-hybridized carbons (Fsp3) is 0.833. The lowest BCUT2D eigenvalue weighted by Crippen LogP contribution is -2.42. The lowest BCUT2D eigenvalue weighted by atomic mass is 9.85. The van der Waals surface area contributed by atoms with Gasteiger partial charge in [0, 0.05) is 19.0 Å². The summed E-state index contributed by atoms with van der Waals surface area (Å²) in [6.07, 6.45) is 5.38. The quantitative estimate of drug-likeness (QED) is 0.773. The number of imide groups is 1. The van der Waals surface area contributed by atoms with Gasteiger partial charge in [-0.1, -0.05) is 19.8 Å². The molecule has 0 spiro atoms. The first kappa shape index (κ1) is 14.0. The Morgan fingerprint density at radius 2 is 2.00 bits per heavy atom. The predicted octanol–water partition coefficient (Wildman–Crippen LogP) is 1.08. The van der Waals surface area contributed by atoms with Crippen LogP contribution in [0.4, 0.5) is 4.79 Å². The van der Waals surface area contributed by atoms with Gasteiger partial charge in [-0.15, -0.1) is 0 Å². The first-order valence-corrected chi connectivity index (χ1v) is 6.30. The number of urea groups is 1. The van der Waals surface area contributed by atoms with Gasteiger partial charge in [0.05, 0.1) is 0 Å². The van der Waals surface area contributed by atoms with Crippen molar-refractivity contribution in [3.05, 3.63) is 0 Å². The van der Waals surface area contributed by atoms with Crippen molar-refractivity contribution in [3.8, 4) is 0 Å². The molecule has 5 heteroatoms. The summed E-state index contributed by atoms with van der Waals surface area (Å²) in [6, 6.07) is -0.214. The number of rotatable bonds is 4. The van der Waals surface area contributed by atoms with E-state index in [1.807, 2.05) is 7.05 Å². The van der Waals surface area contributed by atoms with E-state index < -0.39 is 6.03 Å². The van der Waals surface area contributed by atoms with Crippen molar-refractivity contribution in [1.82, 2.24) is 10.2 Å². The molecular formula is C12H23N3O2. The molecule has 3 amide bonds. The van der Waals surface area contributed by atoms with Crippen LogP contribution in [-0.4, -0.2) is 36.5 Å². The molecule has 1 aliphatic rings. The van der Waals surface area contributed by atoms with Crippen LogP contribution in [-0.2, 0) is 4.79 Å². The fourth-order valence-corrected chi connectivity index (χ4v) is 2.60. The number of nitrogens with zero attached hydrogens (tertiary/aromatic N) is 1. The molecule has 1 saturated carbocycles. The minimum absolute atomic E-state index is 0.298. The number of hydrogen-bond acceptors (Lipinski definition) is 3. The summed E-state index contributed by atoms with van der Waals surface area (Å²) in [6.45, 7) is 2.94. The predicted molar refractivity (Wildman–Crippen MR) is 66.4 cm³/mol. The number of nitrogens with one attached hydrogen (secondary N) is 1. The molecule has 98 valence electrons. The minimum atomic E-state index is -0.774. The van der Waals surface area contributed by atoms with Crippen LogP contribution in [0.1, 0.15) is 39.0 Å². The lowest BCUT2D eigenvalue weighted by Gasteiger charge is -2.36. The molecule has 1 aliphatic carbocycles. The smallest absolute Gasteiger partial charge is 0.318 e. The molecule has 1 rings (SSSR count). The van der Waals surface area contributed by atoms with Gasteiger partial charge >= 0.3 is 6.03 Å². The van der Waals surface area contributed by atoms with E-state index in [1.54, 1.807) is 0 Å². The molecule has 5 nitrogen and oxygen atoms in total. The van der Waals surface area contributed by atoms with Gasteiger partial charge in [-0.3, -0.25) is 10.1 Å². The molecule has 0 aromatic heterocycles. The van der Waals surface area contributed by atoms with Crippen molar-refractivity contribution in [3.63, 3.8) is 0 Å². The van der Waals surface area contributed by atoms with Gasteiger partial charge in [0.25, 0.3) is 0 Å². The Kier molecular flexibility index (Phi) is 5.41. The number of hydrogen-bond donors (Lipinski definition) is 2. The summed E-state index contributed by atoms with van der Waals surface area (Å²) >= 11 is 0. The molecule has 0 aromatic carbocycles. The van der Waals surface area contributed by atoms with Gasteiger partial charge in [0.1, 0.15) is 0 Å². The summed E-state index contributed by atoms with van der Waals surface area (Å²) in [5.74, 6) is 0.390. The second kappa shape index (κ2) is 6.59. The van der Waals surface area contributed by atoms with Crippen molar-refractivity contribution in [2.24, 2.45) is 11.7 Å². The summed E-state index contributed by atoms with van der Waals surface area (Å²) in [5, 5.41) is 2.09. The molecule has 1 fully saturated rings. The van der Waals surface area contributed by atoms with E-state index in [9.17, 15) is 9.59 Å². The molecule has 0 saturated heterocycles. The van der Waals surface area contributed by atoms with Gasteiger partial charge in [-0.05, 0) is 25.8 Å². The Morgan fingerprint density at radius 3 is 2.59 bits per heavy atom. The Hall–Kier alpha value is -1.10. The van der Waals surface area contributed by atoms with Gasteiger partial charge in [-0.2, -0.15) is 0 Å². The molecule has 0 radical (unpaired) electrons. The number of primary amides is 1. The third-order valence-electron chi connectivity index (χ3n) is 3.59. The van der Waals surface area contributed by atoms with Crippen LogP contribution in [0.5, 0.6) is 0 Å². The highest BCUT2D eigenvalue weighted by molar-refractivity contribution is 5.93. The Balaban J connectivity index is 2.30. The van der Waals surface area contributed by atoms with E-state index >= 15 is 0 Å². The molecule has 3 N–H and O–H groups in total. The third-order valence-corrected chi connectivity index (χ3v) is 3.59. The second-order valence-electron chi connectivity index (χ2n) is 4.97. The van der Waals surface area contributed by atoms with Crippen LogP contribution in [0.25, 0.3) is 0 Å². The Morgan fingerprint density at radius 1 is 1.35 bits per heavy atom. The molecular weight excluding hydrogens is 218 g/mol. The molecule has 17 heavy (non-hydrogen) atoms. The fourth-order valence-electron chi connectivity index (χ4n) is 2.60. The Bertz CT molecular complexity index is 281.